The van der Waals surface area contributed by atoms with Crippen LogP contribution in [0.25, 0.3) is 16.9 Å². The number of nitrogens with one attached hydrogen (secondary N) is 1. The first kappa shape index (κ1) is 24.5. The van der Waals surface area contributed by atoms with Crippen molar-refractivity contribution in [1.82, 2.24) is 14.5 Å². The Balaban J connectivity index is 1.76. The molecule has 0 saturated carbocycles. The van der Waals surface area contributed by atoms with E-state index in [0.29, 0.717) is 21.4 Å². The van der Waals surface area contributed by atoms with Crippen molar-refractivity contribution >= 4 is 49.2 Å². The lowest BCUT2D eigenvalue weighted by Crippen LogP contribution is -2.24. The van der Waals surface area contributed by atoms with E-state index in [1.807, 2.05) is 37.3 Å². The average Bonchev–Trinajstić information content (AvgIpc) is 3.14. The first-order chi connectivity index (χ1) is 16.2. The van der Waals surface area contributed by atoms with Gasteiger partial charge in [-0.05, 0) is 55.5 Å². The Hall–Kier alpha value is -2.67. The van der Waals surface area contributed by atoms with E-state index in [4.69, 9.17) is 33.6 Å². The van der Waals surface area contributed by atoms with Crippen LogP contribution in [-0.2, 0) is 16.6 Å². The van der Waals surface area contributed by atoms with Crippen LogP contribution in [0.4, 0.5) is 0 Å². The minimum Gasteiger partial charge on any atom is -0.231 e. The maximum Gasteiger partial charge on any atom is 0.240 e. The first-order valence-electron chi connectivity index (χ1n) is 9.99. The fraction of sp³-hybridized carbons (Fsp3) is 0.0833. The van der Waals surface area contributed by atoms with Crippen molar-refractivity contribution in [3.8, 4) is 23.0 Å². The number of nitrogens with zero attached hydrogens (tertiary/aromatic N) is 3. The Morgan fingerprint density at radius 3 is 2.50 bits per heavy atom. The van der Waals surface area contributed by atoms with E-state index in [0.717, 1.165) is 21.3 Å². The van der Waals surface area contributed by atoms with Crippen LogP contribution in [0.2, 0.25) is 10.0 Å². The van der Waals surface area contributed by atoms with E-state index in [1.165, 1.54) is 18.2 Å². The van der Waals surface area contributed by atoms with Gasteiger partial charge in [-0.25, -0.2) is 17.8 Å². The molecule has 10 heteroatoms. The van der Waals surface area contributed by atoms with Crippen LogP contribution >= 0.6 is 39.1 Å². The fourth-order valence-electron chi connectivity index (χ4n) is 3.46. The Kier molecular flexibility index (Phi) is 7.12. The Morgan fingerprint density at radius 2 is 1.82 bits per heavy atom. The molecular weight excluding hydrogens is 559 g/mol. The maximum absolute atomic E-state index is 12.8. The summed E-state index contributed by atoms with van der Waals surface area (Å²) in [5, 5.41) is 14.7. The number of aromatic nitrogens is 2. The lowest BCUT2D eigenvalue weighted by molar-refractivity contribution is 0.580. The molecule has 0 aliphatic carbocycles. The summed E-state index contributed by atoms with van der Waals surface area (Å²) >= 11 is 16.0. The second-order valence-electron chi connectivity index (χ2n) is 7.40. The van der Waals surface area contributed by atoms with E-state index in [-0.39, 0.29) is 17.0 Å². The number of sulfonamides is 1. The predicted octanol–water partition coefficient (Wildman–Crippen LogP) is 6.27. The largest absolute Gasteiger partial charge is 0.240 e. The van der Waals surface area contributed by atoms with Gasteiger partial charge in [0.1, 0.15) is 0 Å². The molecule has 172 valence electrons. The van der Waals surface area contributed by atoms with Crippen molar-refractivity contribution in [2.75, 3.05) is 0 Å². The molecule has 0 atom stereocenters. The summed E-state index contributed by atoms with van der Waals surface area (Å²) in [6.07, 6.45) is 0. The highest BCUT2D eigenvalue weighted by Crippen LogP contribution is 2.33. The highest BCUT2D eigenvalue weighted by Gasteiger charge is 2.21. The molecule has 0 unspecified atom stereocenters. The minimum atomic E-state index is -3.86. The molecule has 1 N–H and O–H groups in total. The number of hydrogen-bond acceptors (Lipinski definition) is 4. The second-order valence-corrected chi connectivity index (χ2v) is 10.9. The molecular formula is C24H17BrCl2N4O2S. The van der Waals surface area contributed by atoms with E-state index >= 15 is 0 Å². The fourth-order valence-corrected chi connectivity index (χ4v) is 5.25. The molecule has 0 aliphatic heterocycles. The average molecular weight is 576 g/mol. The molecule has 0 fully saturated rings. The molecule has 0 amide bonds. The van der Waals surface area contributed by atoms with Gasteiger partial charge in [0, 0.05) is 20.6 Å². The van der Waals surface area contributed by atoms with Gasteiger partial charge in [-0.1, -0.05) is 57.3 Å². The molecule has 0 saturated heterocycles. The van der Waals surface area contributed by atoms with Crippen LogP contribution in [-0.4, -0.2) is 18.2 Å². The minimum absolute atomic E-state index is 0.0116. The van der Waals surface area contributed by atoms with Crippen LogP contribution in [0, 0.1) is 18.3 Å². The van der Waals surface area contributed by atoms with E-state index in [9.17, 15) is 8.42 Å². The third kappa shape index (κ3) is 5.04. The summed E-state index contributed by atoms with van der Waals surface area (Å²) in [4.78, 5) is 0.0116. The normalized spacial score (nSPS) is 11.4. The molecule has 0 aliphatic rings. The Labute approximate surface area is 215 Å². The quantitative estimate of drug-likeness (QED) is 0.293. The van der Waals surface area contributed by atoms with Crippen LogP contribution < -0.4 is 4.72 Å². The first-order valence-corrected chi connectivity index (χ1v) is 13.0. The smallest absolute Gasteiger partial charge is 0.231 e. The zero-order valence-corrected chi connectivity index (χ0v) is 21.7. The van der Waals surface area contributed by atoms with Gasteiger partial charge in [0.2, 0.25) is 10.0 Å². The van der Waals surface area contributed by atoms with Crippen molar-refractivity contribution in [3.05, 3.63) is 98.1 Å². The summed E-state index contributed by atoms with van der Waals surface area (Å²) in [7, 11) is -3.86. The summed E-state index contributed by atoms with van der Waals surface area (Å²) in [6, 6.07) is 20.6. The zero-order valence-electron chi connectivity index (χ0n) is 17.8. The number of halogens is 3. The van der Waals surface area contributed by atoms with Gasteiger partial charge < -0.3 is 0 Å². The van der Waals surface area contributed by atoms with Gasteiger partial charge in [0.25, 0.3) is 0 Å². The molecule has 4 aromatic rings. The van der Waals surface area contributed by atoms with Gasteiger partial charge in [-0.15, -0.1) is 0 Å². The number of hydrogen-bond donors (Lipinski definition) is 1. The van der Waals surface area contributed by atoms with E-state index in [2.05, 4.69) is 20.7 Å². The Morgan fingerprint density at radius 1 is 1.09 bits per heavy atom. The zero-order chi connectivity index (χ0) is 24.5. The SMILES string of the molecule is Cc1c(CNS(=O)(=O)c2cccc(C#N)c2)nn(-c2ccc(Cl)cc2Cl)c1-c1ccc(Br)cc1. The van der Waals surface area contributed by atoms with Crippen molar-refractivity contribution in [2.24, 2.45) is 0 Å². The molecule has 6 nitrogen and oxygen atoms in total. The third-order valence-corrected chi connectivity index (χ3v) is 7.64. The molecule has 0 radical (unpaired) electrons. The highest BCUT2D eigenvalue weighted by atomic mass is 79.9. The molecule has 0 bridgehead atoms. The van der Waals surface area contributed by atoms with Crippen molar-refractivity contribution in [1.29, 1.82) is 5.26 Å². The van der Waals surface area contributed by atoms with Gasteiger partial charge in [-0.3, -0.25) is 0 Å². The topological polar surface area (TPSA) is 87.8 Å². The molecule has 34 heavy (non-hydrogen) atoms. The Bertz CT molecular complexity index is 1530. The van der Waals surface area contributed by atoms with Gasteiger partial charge in [0.15, 0.2) is 0 Å². The highest BCUT2D eigenvalue weighted by molar-refractivity contribution is 9.10. The van der Waals surface area contributed by atoms with Gasteiger partial charge in [0.05, 0.1) is 45.2 Å². The van der Waals surface area contributed by atoms with Crippen LogP contribution in [0.15, 0.2) is 76.1 Å². The van der Waals surface area contributed by atoms with Crippen LogP contribution in [0.5, 0.6) is 0 Å². The summed E-state index contributed by atoms with van der Waals surface area (Å²) in [5.74, 6) is 0. The van der Waals surface area contributed by atoms with Crippen molar-refractivity contribution in [2.45, 2.75) is 18.4 Å². The van der Waals surface area contributed by atoms with Gasteiger partial charge in [-0.2, -0.15) is 10.4 Å². The number of rotatable bonds is 6. The monoisotopic (exact) mass is 574 g/mol. The molecule has 4 rings (SSSR count). The third-order valence-electron chi connectivity index (χ3n) is 5.18. The summed E-state index contributed by atoms with van der Waals surface area (Å²) in [5.41, 5.74) is 3.86. The van der Waals surface area contributed by atoms with Crippen molar-refractivity contribution < 1.29 is 8.42 Å². The number of benzene rings is 3. The molecule has 1 aromatic heterocycles. The predicted molar refractivity (Wildman–Crippen MR) is 137 cm³/mol. The lowest BCUT2D eigenvalue weighted by Gasteiger charge is -2.11. The lowest BCUT2D eigenvalue weighted by atomic mass is 10.1. The van der Waals surface area contributed by atoms with Crippen molar-refractivity contribution in [3.63, 3.8) is 0 Å². The van der Waals surface area contributed by atoms with E-state index in [1.54, 1.807) is 28.9 Å². The standard InChI is InChI=1S/C24H17BrCl2N4O2S/c1-15-22(14-29-34(32,33)20-4-2-3-16(11-20)13-28)30-31(23-10-9-19(26)12-21(23)27)24(15)17-5-7-18(25)8-6-17/h2-12,29H,14H2,1H3. The summed E-state index contributed by atoms with van der Waals surface area (Å²) < 4.78 is 30.9. The number of nitriles is 1. The van der Waals surface area contributed by atoms with Crippen LogP contribution in [0.3, 0.4) is 0 Å². The maximum atomic E-state index is 12.8. The second kappa shape index (κ2) is 9.90. The van der Waals surface area contributed by atoms with E-state index < -0.39 is 10.0 Å². The summed E-state index contributed by atoms with van der Waals surface area (Å²) in [6.45, 7) is 1.83. The molecule has 0 spiro atoms. The molecule has 1 heterocycles. The van der Waals surface area contributed by atoms with Gasteiger partial charge >= 0.3 is 0 Å². The molecule has 3 aromatic carbocycles. The van der Waals surface area contributed by atoms with Crippen LogP contribution in [0.1, 0.15) is 16.8 Å².